The number of hydrogen-bond donors (Lipinski definition) is 1. The van der Waals surface area contributed by atoms with Crippen molar-refractivity contribution in [3.8, 4) is 0 Å². The molecule has 1 aromatic rings. The molecule has 0 aliphatic carbocycles. The molecule has 1 fully saturated rings. The van der Waals surface area contributed by atoms with Gasteiger partial charge in [-0.2, -0.15) is 4.31 Å². The standard InChI is InChI=1S/C12H18N2O2S/c1-9-3-4-10(2)12(5-9)17(15,16)14-7-11(6-13)8-14/h3-5,11H,6-8,13H2,1-2H3. The Labute approximate surface area is 102 Å². The monoisotopic (exact) mass is 254 g/mol. The van der Waals surface area contributed by atoms with Gasteiger partial charge in [0.05, 0.1) is 4.90 Å². The Morgan fingerprint density at radius 3 is 2.59 bits per heavy atom. The van der Waals surface area contributed by atoms with Crippen LogP contribution < -0.4 is 5.73 Å². The first-order chi connectivity index (χ1) is 7.95. The first kappa shape index (κ1) is 12.5. The zero-order valence-corrected chi connectivity index (χ0v) is 11.0. The van der Waals surface area contributed by atoms with Crippen LogP contribution in [0.4, 0.5) is 0 Å². The summed E-state index contributed by atoms with van der Waals surface area (Å²) in [5.74, 6) is 0.315. The number of hydrogen-bond acceptors (Lipinski definition) is 3. The van der Waals surface area contributed by atoms with Crippen LogP contribution in [0.1, 0.15) is 11.1 Å². The van der Waals surface area contributed by atoms with E-state index in [1.54, 1.807) is 6.07 Å². The van der Waals surface area contributed by atoms with E-state index in [-0.39, 0.29) is 0 Å². The van der Waals surface area contributed by atoms with E-state index >= 15 is 0 Å². The van der Waals surface area contributed by atoms with Crippen LogP contribution in [-0.2, 0) is 10.0 Å². The molecule has 1 heterocycles. The van der Waals surface area contributed by atoms with E-state index < -0.39 is 10.0 Å². The zero-order valence-electron chi connectivity index (χ0n) is 10.2. The molecule has 2 rings (SSSR count). The fraction of sp³-hybridized carbons (Fsp3) is 0.500. The summed E-state index contributed by atoms with van der Waals surface area (Å²) < 4.78 is 26.2. The summed E-state index contributed by atoms with van der Waals surface area (Å²) in [5.41, 5.74) is 7.27. The van der Waals surface area contributed by atoms with Crippen molar-refractivity contribution in [3.63, 3.8) is 0 Å². The molecule has 0 radical (unpaired) electrons. The number of nitrogens with zero attached hydrogens (tertiary/aromatic N) is 1. The third-order valence-corrected chi connectivity index (χ3v) is 5.19. The summed E-state index contributed by atoms with van der Waals surface area (Å²) in [7, 11) is -3.32. The van der Waals surface area contributed by atoms with Gasteiger partial charge in [0.2, 0.25) is 10.0 Å². The molecule has 0 atom stereocenters. The maximum atomic E-state index is 12.3. The van der Waals surface area contributed by atoms with Gasteiger partial charge in [0, 0.05) is 13.1 Å². The van der Waals surface area contributed by atoms with Crippen LogP contribution in [0.3, 0.4) is 0 Å². The van der Waals surface area contributed by atoms with Crippen LogP contribution >= 0.6 is 0 Å². The molecule has 94 valence electrons. The lowest BCUT2D eigenvalue weighted by Gasteiger charge is -2.37. The summed E-state index contributed by atoms with van der Waals surface area (Å²) in [6, 6.07) is 5.51. The van der Waals surface area contributed by atoms with Gasteiger partial charge in [-0.05, 0) is 43.5 Å². The molecule has 1 saturated heterocycles. The first-order valence-electron chi connectivity index (χ1n) is 5.72. The minimum atomic E-state index is -3.32. The average molecular weight is 254 g/mol. The van der Waals surface area contributed by atoms with Crippen molar-refractivity contribution in [2.45, 2.75) is 18.7 Å². The topological polar surface area (TPSA) is 63.4 Å². The van der Waals surface area contributed by atoms with Gasteiger partial charge >= 0.3 is 0 Å². The molecule has 0 bridgehead atoms. The second-order valence-corrected chi connectivity index (χ2v) is 6.60. The Kier molecular flexibility index (Phi) is 3.25. The third-order valence-electron chi connectivity index (χ3n) is 3.22. The summed E-state index contributed by atoms with van der Waals surface area (Å²) in [6.45, 7) is 5.38. The second-order valence-electron chi connectivity index (χ2n) is 4.69. The smallest absolute Gasteiger partial charge is 0.243 e. The largest absolute Gasteiger partial charge is 0.330 e. The van der Waals surface area contributed by atoms with Crippen molar-refractivity contribution in [3.05, 3.63) is 29.3 Å². The van der Waals surface area contributed by atoms with Gasteiger partial charge in [-0.1, -0.05) is 12.1 Å². The lowest BCUT2D eigenvalue weighted by molar-refractivity contribution is 0.207. The van der Waals surface area contributed by atoms with Gasteiger partial charge in [-0.15, -0.1) is 0 Å². The quantitative estimate of drug-likeness (QED) is 0.871. The average Bonchev–Trinajstić information content (AvgIpc) is 2.19. The number of sulfonamides is 1. The van der Waals surface area contributed by atoms with Crippen molar-refractivity contribution in [1.29, 1.82) is 0 Å². The minimum Gasteiger partial charge on any atom is -0.330 e. The second kappa shape index (κ2) is 4.40. The van der Waals surface area contributed by atoms with E-state index in [0.29, 0.717) is 30.4 Å². The molecule has 1 aliphatic heterocycles. The van der Waals surface area contributed by atoms with E-state index in [0.717, 1.165) is 11.1 Å². The van der Waals surface area contributed by atoms with Crippen LogP contribution in [0, 0.1) is 19.8 Å². The SMILES string of the molecule is Cc1ccc(C)c(S(=O)(=O)N2CC(CN)C2)c1. The van der Waals surface area contributed by atoms with Crippen molar-refractivity contribution < 1.29 is 8.42 Å². The molecule has 2 N–H and O–H groups in total. The van der Waals surface area contributed by atoms with Crippen LogP contribution in [0.25, 0.3) is 0 Å². The van der Waals surface area contributed by atoms with Gasteiger partial charge in [0.1, 0.15) is 0 Å². The molecule has 0 unspecified atom stereocenters. The van der Waals surface area contributed by atoms with E-state index in [1.807, 2.05) is 26.0 Å². The molecule has 5 heteroatoms. The van der Waals surface area contributed by atoms with Gasteiger partial charge in [-0.25, -0.2) is 8.42 Å². The fourth-order valence-electron chi connectivity index (χ4n) is 1.99. The van der Waals surface area contributed by atoms with Crippen molar-refractivity contribution >= 4 is 10.0 Å². The first-order valence-corrected chi connectivity index (χ1v) is 7.16. The highest BCUT2D eigenvalue weighted by Gasteiger charge is 2.36. The molecule has 0 spiro atoms. The molecule has 1 aliphatic rings. The molecule has 0 amide bonds. The highest BCUT2D eigenvalue weighted by Crippen LogP contribution is 2.27. The maximum absolute atomic E-state index is 12.3. The number of nitrogens with two attached hydrogens (primary N) is 1. The Balaban J connectivity index is 2.30. The van der Waals surface area contributed by atoms with Crippen LogP contribution in [0.2, 0.25) is 0 Å². The van der Waals surface area contributed by atoms with E-state index in [4.69, 9.17) is 5.73 Å². The van der Waals surface area contributed by atoms with Crippen LogP contribution in [0.5, 0.6) is 0 Å². The van der Waals surface area contributed by atoms with Crippen LogP contribution in [0.15, 0.2) is 23.1 Å². The Hall–Kier alpha value is -0.910. The highest BCUT2D eigenvalue weighted by molar-refractivity contribution is 7.89. The van der Waals surface area contributed by atoms with Crippen molar-refractivity contribution in [1.82, 2.24) is 4.31 Å². The number of benzene rings is 1. The van der Waals surface area contributed by atoms with Crippen molar-refractivity contribution in [2.75, 3.05) is 19.6 Å². The summed E-state index contributed by atoms with van der Waals surface area (Å²) >= 11 is 0. The predicted molar refractivity (Wildman–Crippen MR) is 67.2 cm³/mol. The molecule has 0 aromatic heterocycles. The lowest BCUT2D eigenvalue weighted by atomic mass is 10.0. The lowest BCUT2D eigenvalue weighted by Crippen LogP contribution is -2.52. The molecule has 17 heavy (non-hydrogen) atoms. The predicted octanol–water partition coefficient (Wildman–Crippen LogP) is 0.883. The number of aryl methyl sites for hydroxylation is 2. The number of rotatable bonds is 3. The molecule has 0 saturated carbocycles. The molecule has 4 nitrogen and oxygen atoms in total. The van der Waals surface area contributed by atoms with Gasteiger partial charge < -0.3 is 5.73 Å². The minimum absolute atomic E-state index is 0.315. The zero-order chi connectivity index (χ0) is 12.6. The Morgan fingerprint density at radius 1 is 1.35 bits per heavy atom. The van der Waals surface area contributed by atoms with Crippen LogP contribution in [-0.4, -0.2) is 32.4 Å². The van der Waals surface area contributed by atoms with Crippen molar-refractivity contribution in [2.24, 2.45) is 11.7 Å². The summed E-state index contributed by atoms with van der Waals surface area (Å²) in [4.78, 5) is 0.424. The van der Waals surface area contributed by atoms with Gasteiger partial charge in [0.15, 0.2) is 0 Å². The molecule has 1 aromatic carbocycles. The van der Waals surface area contributed by atoms with Gasteiger partial charge in [0.25, 0.3) is 0 Å². The highest BCUT2D eigenvalue weighted by atomic mass is 32.2. The third kappa shape index (κ3) is 2.22. The molecular formula is C12H18N2O2S. The van der Waals surface area contributed by atoms with E-state index in [2.05, 4.69) is 0 Å². The Bertz CT molecular complexity index is 519. The normalized spacial score (nSPS) is 18.1. The summed E-state index contributed by atoms with van der Waals surface area (Å²) in [5, 5.41) is 0. The van der Waals surface area contributed by atoms with Gasteiger partial charge in [-0.3, -0.25) is 0 Å². The molecular weight excluding hydrogens is 236 g/mol. The van der Waals surface area contributed by atoms with E-state index in [9.17, 15) is 8.42 Å². The summed E-state index contributed by atoms with van der Waals surface area (Å²) in [6.07, 6.45) is 0. The fourth-order valence-corrected chi connectivity index (χ4v) is 3.89. The maximum Gasteiger partial charge on any atom is 0.243 e. The Morgan fingerprint density at radius 2 is 2.00 bits per heavy atom. The van der Waals surface area contributed by atoms with E-state index in [1.165, 1.54) is 4.31 Å².